The summed E-state index contributed by atoms with van der Waals surface area (Å²) in [6, 6.07) is 18.6. The third-order valence-corrected chi connectivity index (χ3v) is 4.92. The van der Waals surface area contributed by atoms with Crippen molar-refractivity contribution in [1.82, 2.24) is 0 Å². The summed E-state index contributed by atoms with van der Waals surface area (Å²) in [5.41, 5.74) is 2.32. The topological polar surface area (TPSA) is 22.9 Å². The number of nitrogens with one attached hydrogen (secondary N) is 1. The molecule has 3 rings (SSSR count). The molecule has 2 atom stereocenters. The summed E-state index contributed by atoms with van der Waals surface area (Å²) in [5.74, 6) is 1.79. The monoisotopic (exact) mass is 340 g/mol. The Morgan fingerprint density at radius 2 is 1.76 bits per heavy atom. The van der Waals surface area contributed by atoms with Crippen molar-refractivity contribution in [3.8, 4) is 16.9 Å². The molecule has 1 heterocycles. The number of hydrogen-bond acceptors (Lipinski definition) is 2. The maximum absolute atomic E-state index is 5.97. The van der Waals surface area contributed by atoms with Crippen molar-refractivity contribution >= 4 is 0 Å². The molecule has 0 aromatic heterocycles. The van der Waals surface area contributed by atoms with Gasteiger partial charge in [0.2, 0.25) is 0 Å². The Morgan fingerprint density at radius 1 is 0.960 bits per heavy atom. The van der Waals surface area contributed by atoms with Gasteiger partial charge in [0.25, 0.3) is 0 Å². The molecule has 2 aromatic carbocycles. The fraction of sp³-hybridized carbons (Fsp3) is 0.455. The van der Waals surface area contributed by atoms with Crippen molar-refractivity contribution in [2.75, 3.05) is 39.5 Å². The Labute approximate surface area is 151 Å². The fourth-order valence-electron chi connectivity index (χ4n) is 3.60. The van der Waals surface area contributed by atoms with Crippen LogP contribution in [0.1, 0.15) is 19.8 Å². The van der Waals surface area contributed by atoms with Crippen LogP contribution in [0, 0.1) is 5.92 Å². The van der Waals surface area contributed by atoms with Crippen molar-refractivity contribution < 1.29 is 14.4 Å². The predicted octanol–water partition coefficient (Wildman–Crippen LogP) is 3.06. The number of ether oxygens (including phenoxy) is 2. The van der Waals surface area contributed by atoms with Crippen molar-refractivity contribution in [2.45, 2.75) is 19.8 Å². The quantitative estimate of drug-likeness (QED) is 0.747. The minimum atomic E-state index is 0.593. The summed E-state index contributed by atoms with van der Waals surface area (Å²) < 4.78 is 11.8. The Balaban J connectivity index is 1.39. The first-order chi connectivity index (χ1) is 12.3. The summed E-state index contributed by atoms with van der Waals surface area (Å²) in [7, 11) is 0. The smallest absolute Gasteiger partial charge is 0.127 e. The minimum Gasteiger partial charge on any atom is -0.491 e. The summed E-state index contributed by atoms with van der Waals surface area (Å²) >= 11 is 0. The summed E-state index contributed by atoms with van der Waals surface area (Å²) in [6.45, 7) is 8.13. The molecule has 2 aromatic rings. The molecule has 1 saturated heterocycles. The largest absolute Gasteiger partial charge is 0.491 e. The van der Waals surface area contributed by atoms with E-state index in [0.29, 0.717) is 13.2 Å². The molecule has 1 fully saturated rings. The second-order valence-electron chi connectivity index (χ2n) is 7.02. The highest BCUT2D eigenvalue weighted by Gasteiger charge is 2.18. The molecule has 3 heteroatoms. The van der Waals surface area contributed by atoms with Gasteiger partial charge in [0.15, 0.2) is 0 Å². The first kappa shape index (κ1) is 18.0. The zero-order valence-electron chi connectivity index (χ0n) is 15.2. The Bertz CT molecular complexity index is 629. The molecular weight excluding hydrogens is 310 g/mol. The number of piperidine rings is 1. The Hall–Kier alpha value is -1.84. The van der Waals surface area contributed by atoms with Gasteiger partial charge in [0, 0.05) is 11.5 Å². The molecule has 0 radical (unpaired) electrons. The first-order valence-corrected chi connectivity index (χ1v) is 9.51. The zero-order valence-corrected chi connectivity index (χ0v) is 15.2. The van der Waals surface area contributed by atoms with Crippen LogP contribution in [0.5, 0.6) is 5.75 Å². The minimum absolute atomic E-state index is 0.593. The van der Waals surface area contributed by atoms with Crippen LogP contribution in [0.25, 0.3) is 11.1 Å². The van der Waals surface area contributed by atoms with Crippen LogP contribution < -0.4 is 9.64 Å². The molecular formula is C22H30NO2+. The molecule has 134 valence electrons. The van der Waals surface area contributed by atoms with Crippen LogP contribution in [0.15, 0.2) is 54.6 Å². The maximum atomic E-state index is 5.97. The number of benzene rings is 2. The van der Waals surface area contributed by atoms with E-state index < -0.39 is 0 Å². The number of rotatable bonds is 8. The normalized spacial score (nSPS) is 20.4. The molecule has 0 amide bonds. The highest BCUT2D eigenvalue weighted by Crippen LogP contribution is 2.29. The molecule has 1 aliphatic heterocycles. The standard InChI is InChI=1S/C22H29NO2/c1-19-8-7-13-23(18-19)14-15-24-16-17-25-22-12-6-5-11-21(22)20-9-3-2-4-10-20/h2-6,9-12,19H,7-8,13-18H2,1H3/p+1/t19-/m0/s1. The third-order valence-electron chi connectivity index (χ3n) is 4.92. The predicted molar refractivity (Wildman–Crippen MR) is 102 cm³/mol. The van der Waals surface area contributed by atoms with Gasteiger partial charge >= 0.3 is 0 Å². The van der Waals surface area contributed by atoms with Gasteiger partial charge in [-0.25, -0.2) is 0 Å². The summed E-state index contributed by atoms with van der Waals surface area (Å²) in [6.07, 6.45) is 2.74. The van der Waals surface area contributed by atoms with E-state index in [-0.39, 0.29) is 0 Å². The van der Waals surface area contributed by atoms with Crippen molar-refractivity contribution in [2.24, 2.45) is 5.92 Å². The molecule has 0 spiro atoms. The molecule has 0 aliphatic carbocycles. The van der Waals surface area contributed by atoms with Gasteiger partial charge in [-0.05, 0) is 24.5 Å². The lowest BCUT2D eigenvalue weighted by Crippen LogP contribution is -3.14. The number of likely N-dealkylation sites (tertiary alicyclic amines) is 1. The van der Waals surface area contributed by atoms with Crippen LogP contribution in [-0.2, 0) is 4.74 Å². The average Bonchev–Trinajstić information content (AvgIpc) is 2.66. The Kier molecular flexibility index (Phi) is 6.89. The van der Waals surface area contributed by atoms with Gasteiger partial charge in [-0.15, -0.1) is 0 Å². The first-order valence-electron chi connectivity index (χ1n) is 9.51. The molecule has 1 aliphatic rings. The van der Waals surface area contributed by atoms with Crippen LogP contribution in [0.4, 0.5) is 0 Å². The molecule has 25 heavy (non-hydrogen) atoms. The van der Waals surface area contributed by atoms with E-state index in [1.165, 1.54) is 31.5 Å². The number of para-hydroxylation sites is 1. The van der Waals surface area contributed by atoms with Crippen LogP contribution in [0.3, 0.4) is 0 Å². The number of quaternary nitrogens is 1. The maximum Gasteiger partial charge on any atom is 0.127 e. The molecule has 1 unspecified atom stereocenters. The summed E-state index contributed by atoms with van der Waals surface area (Å²) in [4.78, 5) is 1.69. The highest BCUT2D eigenvalue weighted by molar-refractivity contribution is 5.70. The Morgan fingerprint density at radius 3 is 2.60 bits per heavy atom. The van der Waals surface area contributed by atoms with E-state index in [0.717, 1.165) is 30.4 Å². The third kappa shape index (κ3) is 5.58. The average molecular weight is 340 g/mol. The van der Waals surface area contributed by atoms with Gasteiger partial charge in [-0.1, -0.05) is 55.5 Å². The zero-order chi connectivity index (χ0) is 17.3. The highest BCUT2D eigenvalue weighted by atomic mass is 16.5. The van der Waals surface area contributed by atoms with E-state index in [1.807, 2.05) is 24.3 Å². The molecule has 1 N–H and O–H groups in total. The lowest BCUT2D eigenvalue weighted by Gasteiger charge is -2.27. The van der Waals surface area contributed by atoms with E-state index in [1.54, 1.807) is 4.90 Å². The fourth-order valence-corrected chi connectivity index (χ4v) is 3.60. The SMILES string of the molecule is C[C@H]1CCC[NH+](CCOCCOc2ccccc2-c2ccccc2)C1. The lowest BCUT2D eigenvalue weighted by atomic mass is 10.0. The molecule has 0 saturated carbocycles. The van der Waals surface area contributed by atoms with Crippen LogP contribution >= 0.6 is 0 Å². The van der Waals surface area contributed by atoms with Crippen molar-refractivity contribution in [3.63, 3.8) is 0 Å². The second kappa shape index (κ2) is 9.59. The molecule has 3 nitrogen and oxygen atoms in total. The molecule has 0 bridgehead atoms. The summed E-state index contributed by atoms with van der Waals surface area (Å²) in [5, 5.41) is 0. The van der Waals surface area contributed by atoms with E-state index >= 15 is 0 Å². The second-order valence-corrected chi connectivity index (χ2v) is 7.02. The van der Waals surface area contributed by atoms with Crippen molar-refractivity contribution in [1.29, 1.82) is 0 Å². The van der Waals surface area contributed by atoms with E-state index in [4.69, 9.17) is 9.47 Å². The van der Waals surface area contributed by atoms with Crippen LogP contribution in [0.2, 0.25) is 0 Å². The van der Waals surface area contributed by atoms with Gasteiger partial charge in [0.05, 0.1) is 26.3 Å². The van der Waals surface area contributed by atoms with E-state index in [2.05, 4.69) is 37.3 Å². The van der Waals surface area contributed by atoms with Crippen molar-refractivity contribution in [3.05, 3.63) is 54.6 Å². The van der Waals surface area contributed by atoms with Gasteiger partial charge in [-0.3, -0.25) is 0 Å². The van der Waals surface area contributed by atoms with Gasteiger partial charge < -0.3 is 14.4 Å². The van der Waals surface area contributed by atoms with E-state index in [9.17, 15) is 0 Å². The number of hydrogen-bond donors (Lipinski definition) is 1. The van der Waals surface area contributed by atoms with Gasteiger partial charge in [0.1, 0.15) is 18.9 Å². The van der Waals surface area contributed by atoms with Gasteiger partial charge in [-0.2, -0.15) is 0 Å². The lowest BCUT2D eigenvalue weighted by molar-refractivity contribution is -0.908. The van der Waals surface area contributed by atoms with Crippen LogP contribution in [-0.4, -0.2) is 39.5 Å².